The molecular weight excluding hydrogens is 382 g/mol. The van der Waals surface area contributed by atoms with E-state index in [2.05, 4.69) is 10.6 Å². The Morgan fingerprint density at radius 3 is 2.83 bits per heavy atom. The largest absolute Gasteiger partial charge is 0.491 e. The van der Waals surface area contributed by atoms with Crippen LogP contribution in [0.2, 0.25) is 0 Å². The van der Waals surface area contributed by atoms with E-state index in [1.54, 1.807) is 12.1 Å². The first-order valence-corrected chi connectivity index (χ1v) is 10.2. The molecule has 0 aliphatic carbocycles. The molecule has 2 bridgehead atoms. The number of hydrogen-bond acceptors (Lipinski definition) is 5. The molecule has 0 aromatic heterocycles. The predicted octanol–water partition coefficient (Wildman–Crippen LogP) is 1.71. The molecule has 1 heterocycles. The number of nitrogens with one attached hydrogen (secondary N) is 2. The Balaban J connectivity index is 1.85. The summed E-state index contributed by atoms with van der Waals surface area (Å²) in [5, 5.41) is 5.79. The summed E-state index contributed by atoms with van der Waals surface area (Å²) in [5.74, 6) is 0.480. The van der Waals surface area contributed by atoms with Crippen LogP contribution in [-0.2, 0) is 11.2 Å². The van der Waals surface area contributed by atoms with E-state index in [1.165, 1.54) is 0 Å². The molecule has 0 atom stereocenters. The van der Waals surface area contributed by atoms with Crippen molar-refractivity contribution in [2.75, 3.05) is 53.6 Å². The van der Waals surface area contributed by atoms with E-state index in [4.69, 9.17) is 9.47 Å². The van der Waals surface area contributed by atoms with Gasteiger partial charge in [-0.05, 0) is 55.6 Å². The highest BCUT2D eigenvalue weighted by molar-refractivity contribution is 5.95. The molecule has 0 saturated carbocycles. The average molecular weight is 412 g/mol. The number of amides is 2. The van der Waals surface area contributed by atoms with Crippen molar-refractivity contribution in [3.05, 3.63) is 64.7 Å². The first-order valence-electron chi connectivity index (χ1n) is 10.2. The minimum Gasteiger partial charge on any atom is -0.491 e. The number of likely N-dealkylation sites (N-methyl/N-ethyl adjacent to an activating group) is 1. The fourth-order valence-electron chi connectivity index (χ4n) is 3.19. The van der Waals surface area contributed by atoms with Crippen molar-refractivity contribution in [1.29, 1.82) is 0 Å². The molecular formula is C23H29N3O4. The van der Waals surface area contributed by atoms with Crippen molar-refractivity contribution in [1.82, 2.24) is 15.5 Å². The van der Waals surface area contributed by atoms with Crippen LogP contribution in [0.4, 0.5) is 0 Å². The molecule has 2 amide bonds. The Morgan fingerprint density at radius 2 is 2.00 bits per heavy atom. The number of ether oxygens (including phenoxy) is 2. The van der Waals surface area contributed by atoms with E-state index in [1.807, 2.05) is 49.3 Å². The normalized spacial score (nSPS) is 14.8. The lowest BCUT2D eigenvalue weighted by atomic mass is 9.99. The number of carbonyl (C=O) groups excluding carboxylic acids is 2. The minimum absolute atomic E-state index is 0.115. The Bertz CT molecular complexity index is 883. The minimum atomic E-state index is -0.122. The SMILES string of the molecule is CN(C)CCNC(=O)c1ccc2c(c1)Cc1cccc(c1)C(=O)NCCOCCO2. The lowest BCUT2D eigenvalue weighted by Gasteiger charge is -2.16. The van der Waals surface area contributed by atoms with Gasteiger partial charge in [-0.3, -0.25) is 9.59 Å². The highest BCUT2D eigenvalue weighted by Gasteiger charge is 2.13. The van der Waals surface area contributed by atoms with Crippen LogP contribution in [-0.4, -0.2) is 70.3 Å². The van der Waals surface area contributed by atoms with Crippen molar-refractivity contribution in [2.45, 2.75) is 6.42 Å². The van der Waals surface area contributed by atoms with Gasteiger partial charge in [0.05, 0.1) is 13.2 Å². The summed E-state index contributed by atoms with van der Waals surface area (Å²) in [5.41, 5.74) is 3.06. The van der Waals surface area contributed by atoms with E-state index in [0.29, 0.717) is 50.5 Å². The maximum absolute atomic E-state index is 12.5. The van der Waals surface area contributed by atoms with Gasteiger partial charge in [0.1, 0.15) is 12.4 Å². The zero-order valence-corrected chi connectivity index (χ0v) is 17.6. The molecule has 0 spiro atoms. The molecule has 1 aliphatic rings. The summed E-state index contributed by atoms with van der Waals surface area (Å²) in [6.07, 6.45) is 0.552. The van der Waals surface area contributed by atoms with Crippen molar-refractivity contribution in [2.24, 2.45) is 0 Å². The molecule has 3 rings (SSSR count). The van der Waals surface area contributed by atoms with Gasteiger partial charge in [0, 0.05) is 37.2 Å². The fraction of sp³-hybridized carbons (Fsp3) is 0.391. The Kier molecular flexibility index (Phi) is 7.82. The summed E-state index contributed by atoms with van der Waals surface area (Å²) >= 11 is 0. The van der Waals surface area contributed by atoms with Gasteiger partial charge >= 0.3 is 0 Å². The monoisotopic (exact) mass is 411 g/mol. The van der Waals surface area contributed by atoms with Crippen LogP contribution in [0.5, 0.6) is 5.75 Å². The third-order valence-electron chi connectivity index (χ3n) is 4.77. The van der Waals surface area contributed by atoms with Gasteiger partial charge in [0.2, 0.25) is 0 Å². The second-order valence-corrected chi connectivity index (χ2v) is 7.48. The molecule has 1 aliphatic heterocycles. The first kappa shape index (κ1) is 21.8. The Hall–Kier alpha value is -2.90. The third-order valence-corrected chi connectivity index (χ3v) is 4.77. The van der Waals surface area contributed by atoms with Crippen LogP contribution in [0, 0.1) is 0 Å². The summed E-state index contributed by atoms with van der Waals surface area (Å²) in [6, 6.07) is 13.0. The summed E-state index contributed by atoms with van der Waals surface area (Å²) in [4.78, 5) is 26.9. The third kappa shape index (κ3) is 6.30. The van der Waals surface area contributed by atoms with Crippen molar-refractivity contribution < 1.29 is 19.1 Å². The Labute approximate surface area is 177 Å². The Morgan fingerprint density at radius 1 is 1.13 bits per heavy atom. The molecule has 2 aromatic rings. The predicted molar refractivity (Wildman–Crippen MR) is 115 cm³/mol. The zero-order valence-electron chi connectivity index (χ0n) is 17.6. The number of nitrogens with zero attached hydrogens (tertiary/aromatic N) is 1. The van der Waals surface area contributed by atoms with Crippen LogP contribution in [0.1, 0.15) is 31.8 Å². The first-order chi connectivity index (χ1) is 14.5. The average Bonchev–Trinajstić information content (AvgIpc) is 2.73. The van der Waals surface area contributed by atoms with Crippen molar-refractivity contribution >= 4 is 11.8 Å². The number of benzene rings is 2. The number of fused-ring (bicyclic) bond motifs is 3. The van der Waals surface area contributed by atoms with Crippen LogP contribution in [0.15, 0.2) is 42.5 Å². The molecule has 7 heteroatoms. The smallest absolute Gasteiger partial charge is 0.251 e. The van der Waals surface area contributed by atoms with E-state index >= 15 is 0 Å². The maximum Gasteiger partial charge on any atom is 0.251 e. The van der Waals surface area contributed by atoms with E-state index in [0.717, 1.165) is 23.4 Å². The molecule has 30 heavy (non-hydrogen) atoms. The van der Waals surface area contributed by atoms with Gasteiger partial charge in [-0.25, -0.2) is 0 Å². The molecule has 0 unspecified atom stereocenters. The topological polar surface area (TPSA) is 79.9 Å². The maximum atomic E-state index is 12.5. The number of rotatable bonds is 4. The van der Waals surface area contributed by atoms with E-state index < -0.39 is 0 Å². The molecule has 0 saturated heterocycles. The van der Waals surface area contributed by atoms with Gasteiger partial charge in [-0.1, -0.05) is 12.1 Å². The van der Waals surface area contributed by atoms with Gasteiger partial charge in [-0.2, -0.15) is 0 Å². The standard InChI is InChI=1S/C23H29N3O4/c1-26(2)10-8-24-23(28)19-6-7-21-20(16-19)15-17-4-3-5-18(14-17)22(27)25-9-11-29-12-13-30-21/h3-7,14,16H,8-13,15H2,1-2H3,(H,24,28)(H,25,27). The molecule has 0 radical (unpaired) electrons. The van der Waals surface area contributed by atoms with Gasteiger partial charge in [0.15, 0.2) is 0 Å². The molecule has 7 nitrogen and oxygen atoms in total. The number of carbonyl (C=O) groups is 2. The van der Waals surface area contributed by atoms with E-state index in [9.17, 15) is 9.59 Å². The summed E-state index contributed by atoms with van der Waals surface area (Å²) < 4.78 is 11.4. The van der Waals surface area contributed by atoms with Gasteiger partial charge in [-0.15, -0.1) is 0 Å². The van der Waals surface area contributed by atoms with E-state index in [-0.39, 0.29) is 11.8 Å². The van der Waals surface area contributed by atoms with Crippen LogP contribution in [0.3, 0.4) is 0 Å². The fourth-order valence-corrected chi connectivity index (χ4v) is 3.19. The lowest BCUT2D eigenvalue weighted by Crippen LogP contribution is -2.31. The molecule has 2 aromatic carbocycles. The highest BCUT2D eigenvalue weighted by atomic mass is 16.5. The zero-order chi connectivity index (χ0) is 21.3. The molecule has 2 N–H and O–H groups in total. The summed E-state index contributed by atoms with van der Waals surface area (Å²) in [6.45, 7) is 3.05. The van der Waals surface area contributed by atoms with Crippen LogP contribution in [0.25, 0.3) is 0 Å². The van der Waals surface area contributed by atoms with Gasteiger partial charge < -0.3 is 25.0 Å². The van der Waals surface area contributed by atoms with Crippen molar-refractivity contribution in [3.63, 3.8) is 0 Å². The number of hydrogen-bond donors (Lipinski definition) is 2. The summed E-state index contributed by atoms with van der Waals surface area (Å²) in [7, 11) is 3.93. The quantitative estimate of drug-likeness (QED) is 0.801. The molecule has 160 valence electrons. The van der Waals surface area contributed by atoms with Crippen molar-refractivity contribution in [3.8, 4) is 5.75 Å². The lowest BCUT2D eigenvalue weighted by molar-refractivity contribution is 0.0865. The van der Waals surface area contributed by atoms with Crippen LogP contribution < -0.4 is 15.4 Å². The van der Waals surface area contributed by atoms with Crippen LogP contribution >= 0.6 is 0 Å². The second-order valence-electron chi connectivity index (χ2n) is 7.48. The molecule has 0 fully saturated rings. The van der Waals surface area contributed by atoms with Gasteiger partial charge in [0.25, 0.3) is 11.8 Å². The second kappa shape index (κ2) is 10.8. The highest BCUT2D eigenvalue weighted by Crippen LogP contribution is 2.24.